The monoisotopic (exact) mass is 352 g/mol. The van der Waals surface area contributed by atoms with Crippen LogP contribution in [0, 0.1) is 17.2 Å². The zero-order valence-electron chi connectivity index (χ0n) is 14.6. The lowest BCUT2D eigenvalue weighted by Gasteiger charge is -2.27. The largest absolute Gasteiger partial charge is 0.469 e. The lowest BCUT2D eigenvalue weighted by molar-refractivity contribution is -0.142. The minimum Gasteiger partial charge on any atom is -0.469 e. The number of nitriles is 1. The van der Waals surface area contributed by atoms with Crippen LogP contribution in [0.25, 0.3) is 11.3 Å². The van der Waals surface area contributed by atoms with Gasteiger partial charge in [0.15, 0.2) is 0 Å². The van der Waals surface area contributed by atoms with E-state index in [9.17, 15) is 4.79 Å². The highest BCUT2D eigenvalue weighted by molar-refractivity contribution is 5.69. The van der Waals surface area contributed by atoms with Gasteiger partial charge in [0.05, 0.1) is 18.4 Å². The van der Waals surface area contributed by atoms with Crippen LogP contribution in [0.1, 0.15) is 37.7 Å². The van der Waals surface area contributed by atoms with E-state index >= 15 is 0 Å². The molecule has 0 saturated heterocycles. The van der Waals surface area contributed by atoms with Gasteiger partial charge in [-0.25, -0.2) is 9.97 Å². The first kappa shape index (κ1) is 17.8. The average Bonchev–Trinajstić information content (AvgIpc) is 2.70. The fraction of sp³-hybridized carbons (Fsp3) is 0.421. The van der Waals surface area contributed by atoms with Gasteiger partial charge in [0.1, 0.15) is 12.2 Å². The highest BCUT2D eigenvalue weighted by Crippen LogP contribution is 2.29. The molecule has 1 saturated carbocycles. The smallest absolute Gasteiger partial charge is 0.316 e. The maximum absolute atomic E-state index is 11.3. The molecule has 0 aromatic carbocycles. The summed E-state index contributed by atoms with van der Waals surface area (Å²) in [4.78, 5) is 24.1. The molecular formula is C19H20N4O3. The third kappa shape index (κ3) is 4.54. The van der Waals surface area contributed by atoms with Crippen LogP contribution in [0.4, 0.5) is 0 Å². The Bertz CT molecular complexity index is 776. The molecule has 0 N–H and O–H groups in total. The molecule has 0 unspecified atom stereocenters. The van der Waals surface area contributed by atoms with Crippen molar-refractivity contribution in [2.45, 2.75) is 38.2 Å². The quantitative estimate of drug-likeness (QED) is 0.763. The van der Waals surface area contributed by atoms with Crippen LogP contribution < -0.4 is 4.74 Å². The predicted octanol–water partition coefficient (Wildman–Crippen LogP) is 2.91. The molecule has 3 rings (SSSR count). The van der Waals surface area contributed by atoms with Gasteiger partial charge < -0.3 is 9.47 Å². The minimum atomic E-state index is -0.148. The van der Waals surface area contributed by atoms with Gasteiger partial charge in [-0.15, -0.1) is 0 Å². The fourth-order valence-corrected chi connectivity index (χ4v) is 3.06. The Balaban J connectivity index is 1.53. The number of hydrogen-bond donors (Lipinski definition) is 0. The van der Waals surface area contributed by atoms with Gasteiger partial charge in [0.25, 0.3) is 0 Å². The first-order chi connectivity index (χ1) is 12.7. The Morgan fingerprint density at radius 3 is 2.46 bits per heavy atom. The molecule has 26 heavy (non-hydrogen) atoms. The third-order valence-electron chi connectivity index (χ3n) is 4.57. The van der Waals surface area contributed by atoms with Crippen molar-refractivity contribution in [2.75, 3.05) is 7.11 Å². The number of hydrogen-bond acceptors (Lipinski definition) is 7. The highest BCUT2D eigenvalue weighted by Gasteiger charge is 2.25. The number of aromatic nitrogens is 3. The zero-order valence-corrected chi connectivity index (χ0v) is 14.6. The molecule has 1 aliphatic rings. The molecule has 7 nitrogen and oxygen atoms in total. The molecule has 1 fully saturated rings. The summed E-state index contributed by atoms with van der Waals surface area (Å²) in [5, 5.41) is 8.81. The summed E-state index contributed by atoms with van der Waals surface area (Å²) in [6, 6.07) is 5.86. The van der Waals surface area contributed by atoms with Crippen LogP contribution in [0.5, 0.6) is 6.01 Å². The second-order valence-corrected chi connectivity index (χ2v) is 6.34. The molecule has 2 aromatic heterocycles. The second-order valence-electron chi connectivity index (χ2n) is 6.34. The molecule has 0 spiro atoms. The molecule has 1 aliphatic carbocycles. The maximum Gasteiger partial charge on any atom is 0.316 e. The summed E-state index contributed by atoms with van der Waals surface area (Å²) in [5.41, 5.74) is 1.99. The van der Waals surface area contributed by atoms with Gasteiger partial charge in [-0.2, -0.15) is 5.26 Å². The SMILES string of the molecule is COC(=O)CC1CCC(Oc2ncc(-c3ccc(C#N)cn3)cn2)CC1. The van der Waals surface area contributed by atoms with E-state index in [0.29, 0.717) is 29.6 Å². The normalized spacial score (nSPS) is 19.4. The number of ether oxygens (including phenoxy) is 2. The van der Waals surface area contributed by atoms with E-state index in [1.807, 2.05) is 6.07 Å². The first-order valence-corrected chi connectivity index (χ1v) is 8.60. The summed E-state index contributed by atoms with van der Waals surface area (Å²) < 4.78 is 10.6. The van der Waals surface area contributed by atoms with Crippen LogP contribution >= 0.6 is 0 Å². The van der Waals surface area contributed by atoms with Crippen molar-refractivity contribution in [3.05, 3.63) is 36.3 Å². The standard InChI is InChI=1S/C19H20N4O3/c1-25-18(24)8-13-2-5-16(6-3-13)26-19-22-11-15(12-23-19)17-7-4-14(9-20)10-21-17/h4,7,10-13,16H,2-3,5-6,8H2,1H3. The molecule has 0 atom stereocenters. The van der Waals surface area contributed by atoms with E-state index in [-0.39, 0.29) is 12.1 Å². The van der Waals surface area contributed by atoms with Crippen molar-refractivity contribution < 1.29 is 14.3 Å². The number of carbonyl (C=O) groups excluding carboxylic acids is 1. The third-order valence-corrected chi connectivity index (χ3v) is 4.57. The molecule has 2 heterocycles. The number of rotatable bonds is 5. The van der Waals surface area contributed by atoms with Gasteiger partial charge in [-0.1, -0.05) is 0 Å². The Kier molecular flexibility index (Phi) is 5.74. The maximum atomic E-state index is 11.3. The van der Waals surface area contributed by atoms with Crippen LogP contribution in [-0.4, -0.2) is 34.1 Å². The summed E-state index contributed by atoms with van der Waals surface area (Å²) in [5.74, 6) is 0.220. The zero-order chi connectivity index (χ0) is 18.4. The number of methoxy groups -OCH3 is 1. The molecule has 0 radical (unpaired) electrons. The van der Waals surface area contributed by atoms with Gasteiger partial charge in [-0.3, -0.25) is 9.78 Å². The topological polar surface area (TPSA) is 98.0 Å². The summed E-state index contributed by atoms with van der Waals surface area (Å²) >= 11 is 0. The predicted molar refractivity (Wildman–Crippen MR) is 93.0 cm³/mol. The molecule has 0 bridgehead atoms. The van der Waals surface area contributed by atoms with E-state index in [4.69, 9.17) is 14.7 Å². The lowest BCUT2D eigenvalue weighted by atomic mass is 9.85. The van der Waals surface area contributed by atoms with E-state index in [1.165, 1.54) is 13.3 Å². The van der Waals surface area contributed by atoms with Crippen LogP contribution in [0.15, 0.2) is 30.7 Å². The average molecular weight is 352 g/mol. The molecule has 134 valence electrons. The van der Waals surface area contributed by atoms with Crippen LogP contribution in [0.3, 0.4) is 0 Å². The molecular weight excluding hydrogens is 332 g/mol. The van der Waals surface area contributed by atoms with Crippen molar-refractivity contribution in [3.8, 4) is 23.3 Å². The molecule has 2 aromatic rings. The summed E-state index contributed by atoms with van der Waals surface area (Å²) in [6.07, 6.45) is 9.04. The molecule has 0 aliphatic heterocycles. The highest BCUT2D eigenvalue weighted by atomic mass is 16.5. The van der Waals surface area contributed by atoms with Crippen LogP contribution in [-0.2, 0) is 9.53 Å². The van der Waals surface area contributed by atoms with Gasteiger partial charge in [0.2, 0.25) is 0 Å². The van der Waals surface area contributed by atoms with E-state index in [2.05, 4.69) is 15.0 Å². The summed E-state index contributed by atoms with van der Waals surface area (Å²) in [6.45, 7) is 0. The lowest BCUT2D eigenvalue weighted by Crippen LogP contribution is -2.26. The van der Waals surface area contributed by atoms with Crippen molar-refractivity contribution in [2.24, 2.45) is 5.92 Å². The minimum absolute atomic E-state index is 0.0720. The Labute approximate surface area is 152 Å². The number of carbonyl (C=O) groups is 1. The van der Waals surface area contributed by atoms with Gasteiger partial charge in [-0.05, 0) is 43.7 Å². The van der Waals surface area contributed by atoms with Crippen molar-refractivity contribution in [1.82, 2.24) is 15.0 Å². The van der Waals surface area contributed by atoms with Crippen molar-refractivity contribution in [3.63, 3.8) is 0 Å². The van der Waals surface area contributed by atoms with E-state index in [0.717, 1.165) is 31.2 Å². The number of nitrogens with zero attached hydrogens (tertiary/aromatic N) is 4. The fourth-order valence-electron chi connectivity index (χ4n) is 3.06. The van der Waals surface area contributed by atoms with Crippen molar-refractivity contribution in [1.29, 1.82) is 5.26 Å². The van der Waals surface area contributed by atoms with E-state index < -0.39 is 0 Å². The van der Waals surface area contributed by atoms with Gasteiger partial charge in [0, 0.05) is 30.6 Å². The van der Waals surface area contributed by atoms with Crippen molar-refractivity contribution >= 4 is 5.97 Å². The Morgan fingerprint density at radius 1 is 1.15 bits per heavy atom. The molecule has 0 amide bonds. The molecule has 7 heteroatoms. The van der Waals surface area contributed by atoms with Crippen LogP contribution in [0.2, 0.25) is 0 Å². The number of pyridine rings is 1. The Morgan fingerprint density at radius 2 is 1.88 bits per heavy atom. The van der Waals surface area contributed by atoms with E-state index in [1.54, 1.807) is 24.5 Å². The first-order valence-electron chi connectivity index (χ1n) is 8.60. The number of esters is 1. The Hall–Kier alpha value is -3.01. The van der Waals surface area contributed by atoms with Gasteiger partial charge >= 0.3 is 12.0 Å². The second kappa shape index (κ2) is 8.39. The summed E-state index contributed by atoms with van der Waals surface area (Å²) in [7, 11) is 1.42.